The van der Waals surface area contributed by atoms with Crippen LogP contribution >= 0.6 is 0 Å². The molecule has 3 heterocycles. The normalized spacial score (nSPS) is 17.9. The Balaban J connectivity index is 1.63. The Bertz CT molecular complexity index is 1160. The van der Waals surface area contributed by atoms with Crippen molar-refractivity contribution < 1.29 is 15.0 Å². The lowest BCUT2D eigenvalue weighted by Gasteiger charge is -2.49. The van der Waals surface area contributed by atoms with Gasteiger partial charge in [0, 0.05) is 35.1 Å². The molecular formula is C24H29N5O3. The van der Waals surface area contributed by atoms with Gasteiger partial charge >= 0.3 is 5.97 Å². The summed E-state index contributed by atoms with van der Waals surface area (Å²) in [6, 6.07) is 10.3. The average Bonchev–Trinajstić information content (AvgIpc) is 2.70. The summed E-state index contributed by atoms with van der Waals surface area (Å²) in [5.41, 5.74) is 1.41. The van der Waals surface area contributed by atoms with Crippen molar-refractivity contribution in [3.8, 4) is 17.0 Å². The second-order valence-electron chi connectivity index (χ2n) is 9.91. The van der Waals surface area contributed by atoms with Crippen molar-refractivity contribution in [3.05, 3.63) is 42.1 Å². The first-order valence-electron chi connectivity index (χ1n) is 10.7. The van der Waals surface area contributed by atoms with Gasteiger partial charge in [0.1, 0.15) is 11.4 Å². The fourth-order valence-electron chi connectivity index (χ4n) is 4.87. The second-order valence-corrected chi connectivity index (χ2v) is 9.91. The van der Waals surface area contributed by atoms with Crippen molar-refractivity contribution in [2.24, 2.45) is 0 Å². The molecule has 1 saturated heterocycles. The molecule has 0 radical (unpaired) electrons. The number of piperidine rings is 1. The Morgan fingerprint density at radius 3 is 2.34 bits per heavy atom. The van der Waals surface area contributed by atoms with E-state index >= 15 is 0 Å². The van der Waals surface area contributed by atoms with Crippen molar-refractivity contribution >= 4 is 22.7 Å². The van der Waals surface area contributed by atoms with Crippen LogP contribution in [0.5, 0.6) is 5.75 Å². The fraction of sp³-hybridized carbons (Fsp3) is 0.417. The first-order chi connectivity index (χ1) is 14.9. The van der Waals surface area contributed by atoms with E-state index < -0.39 is 5.97 Å². The van der Waals surface area contributed by atoms with Crippen LogP contribution in [0, 0.1) is 0 Å². The Hall–Kier alpha value is -3.26. The van der Waals surface area contributed by atoms with Crippen molar-refractivity contribution in [2.75, 3.05) is 11.9 Å². The molecule has 3 aromatic rings. The Morgan fingerprint density at radius 2 is 1.75 bits per heavy atom. The first-order valence-corrected chi connectivity index (χ1v) is 10.7. The topological polar surface area (TPSA) is 111 Å². The number of rotatable bonds is 4. The first kappa shape index (κ1) is 22.0. The number of nitrogens with zero attached hydrogens (tertiary/aromatic N) is 4. The molecule has 8 heteroatoms. The lowest BCUT2D eigenvalue weighted by Crippen LogP contribution is -2.62. The molecular weight excluding hydrogens is 406 g/mol. The highest BCUT2D eigenvalue weighted by Crippen LogP contribution is 2.34. The van der Waals surface area contributed by atoms with E-state index in [1.165, 1.54) is 6.07 Å². The van der Waals surface area contributed by atoms with Gasteiger partial charge in [-0.2, -0.15) is 0 Å². The fourth-order valence-corrected chi connectivity index (χ4v) is 4.87. The summed E-state index contributed by atoms with van der Waals surface area (Å²) in [6.45, 7) is 8.87. The van der Waals surface area contributed by atoms with Gasteiger partial charge in [-0.25, -0.2) is 9.78 Å². The summed E-state index contributed by atoms with van der Waals surface area (Å²) in [7, 11) is 2.04. The van der Waals surface area contributed by atoms with Gasteiger partial charge in [-0.05, 0) is 70.9 Å². The number of aromatic nitrogens is 3. The summed E-state index contributed by atoms with van der Waals surface area (Å²) >= 11 is 0. The highest BCUT2D eigenvalue weighted by molar-refractivity contribution is 5.92. The number of hydrogen-bond acceptors (Lipinski definition) is 7. The minimum Gasteiger partial charge on any atom is -0.507 e. The standard InChI is InChI=1S/C24H29N5O3/c1-23(2)12-15(13-24(3,4)28-23)29(5)21-9-8-17(26-27-21)16-11-19-14(10-20(16)30)6-7-18(25-19)22(31)32/h6-11,15,28,30H,12-13H2,1-5H3,(H,31,32). The summed E-state index contributed by atoms with van der Waals surface area (Å²) < 4.78 is 0. The number of carboxylic acid groups (broad SMARTS) is 1. The van der Waals surface area contributed by atoms with Crippen LogP contribution in [0.2, 0.25) is 0 Å². The lowest BCUT2D eigenvalue weighted by atomic mass is 9.79. The molecule has 0 bridgehead atoms. The average molecular weight is 436 g/mol. The second kappa shape index (κ2) is 7.70. The zero-order valence-corrected chi connectivity index (χ0v) is 19.0. The van der Waals surface area contributed by atoms with Crippen LogP contribution in [-0.2, 0) is 0 Å². The molecule has 8 nitrogen and oxygen atoms in total. The highest BCUT2D eigenvalue weighted by Gasteiger charge is 2.39. The van der Waals surface area contributed by atoms with Gasteiger partial charge in [0.15, 0.2) is 5.82 Å². The van der Waals surface area contributed by atoms with Crippen LogP contribution in [0.25, 0.3) is 22.2 Å². The molecule has 1 aliphatic heterocycles. The molecule has 1 aliphatic rings. The van der Waals surface area contributed by atoms with Gasteiger partial charge < -0.3 is 20.4 Å². The molecule has 0 unspecified atom stereocenters. The number of carboxylic acids is 1. The van der Waals surface area contributed by atoms with Crippen LogP contribution in [-0.4, -0.2) is 55.5 Å². The third-order valence-corrected chi connectivity index (χ3v) is 6.03. The molecule has 0 spiro atoms. The number of phenols is 1. The molecule has 0 aliphatic carbocycles. The summed E-state index contributed by atoms with van der Waals surface area (Å²) in [4.78, 5) is 17.6. The number of carbonyl (C=O) groups is 1. The van der Waals surface area contributed by atoms with E-state index in [4.69, 9.17) is 0 Å². The summed E-state index contributed by atoms with van der Waals surface area (Å²) in [6.07, 6.45) is 1.97. The quantitative estimate of drug-likeness (QED) is 0.567. The van der Waals surface area contributed by atoms with Crippen LogP contribution < -0.4 is 10.2 Å². The number of fused-ring (bicyclic) bond motifs is 1. The number of benzene rings is 1. The van der Waals surface area contributed by atoms with Crippen molar-refractivity contribution in [2.45, 2.75) is 57.7 Å². The molecule has 0 saturated carbocycles. The molecule has 32 heavy (non-hydrogen) atoms. The van der Waals surface area contributed by atoms with Gasteiger partial charge in [0.2, 0.25) is 0 Å². The third kappa shape index (κ3) is 4.36. The number of hydrogen-bond donors (Lipinski definition) is 3. The van der Waals surface area contributed by atoms with Crippen molar-refractivity contribution in [1.82, 2.24) is 20.5 Å². The van der Waals surface area contributed by atoms with Gasteiger partial charge in [-0.3, -0.25) is 0 Å². The minimum atomic E-state index is -1.10. The number of phenolic OH excluding ortho intramolecular Hbond substituents is 1. The monoisotopic (exact) mass is 435 g/mol. The number of aromatic carboxylic acids is 1. The van der Waals surface area contributed by atoms with Gasteiger partial charge in [-0.15, -0.1) is 10.2 Å². The largest absolute Gasteiger partial charge is 0.507 e. The molecule has 0 atom stereocenters. The van der Waals surface area contributed by atoms with Gasteiger partial charge in [0.05, 0.1) is 11.2 Å². The molecule has 0 amide bonds. The van der Waals surface area contributed by atoms with Crippen molar-refractivity contribution in [3.63, 3.8) is 0 Å². The number of pyridine rings is 1. The SMILES string of the molecule is CN(c1ccc(-c2cc3nc(C(=O)O)ccc3cc2O)nn1)C1CC(C)(C)NC(C)(C)C1. The van der Waals surface area contributed by atoms with E-state index in [9.17, 15) is 15.0 Å². The van der Waals surface area contributed by atoms with E-state index in [0.717, 1.165) is 18.7 Å². The lowest BCUT2D eigenvalue weighted by molar-refractivity contribution is 0.0691. The van der Waals surface area contributed by atoms with E-state index in [2.05, 4.69) is 53.1 Å². The number of anilines is 1. The molecule has 3 N–H and O–H groups in total. The van der Waals surface area contributed by atoms with E-state index in [0.29, 0.717) is 28.2 Å². The Kier molecular flexibility index (Phi) is 5.29. The molecule has 4 rings (SSSR count). The summed E-state index contributed by atoms with van der Waals surface area (Å²) in [5.74, 6) is -0.295. The highest BCUT2D eigenvalue weighted by atomic mass is 16.4. The Labute approximate surface area is 187 Å². The van der Waals surface area contributed by atoms with Gasteiger partial charge in [0.25, 0.3) is 0 Å². The maximum Gasteiger partial charge on any atom is 0.354 e. The zero-order valence-electron chi connectivity index (χ0n) is 19.0. The van der Waals surface area contributed by atoms with E-state index in [1.54, 1.807) is 18.2 Å². The molecule has 2 aromatic heterocycles. The van der Waals surface area contributed by atoms with Gasteiger partial charge in [-0.1, -0.05) is 6.07 Å². The minimum absolute atomic E-state index is 0.0206. The van der Waals surface area contributed by atoms with E-state index in [-0.39, 0.29) is 22.5 Å². The van der Waals surface area contributed by atoms with Crippen LogP contribution in [0.3, 0.4) is 0 Å². The molecule has 168 valence electrons. The number of aromatic hydroxyl groups is 1. The molecule has 1 fully saturated rings. The number of nitrogens with one attached hydrogen (secondary N) is 1. The molecule has 1 aromatic carbocycles. The van der Waals surface area contributed by atoms with Crippen LogP contribution in [0.1, 0.15) is 51.0 Å². The maximum atomic E-state index is 11.2. The smallest absolute Gasteiger partial charge is 0.354 e. The predicted octanol–water partition coefficient (Wildman–Crippen LogP) is 3.84. The third-order valence-electron chi connectivity index (χ3n) is 6.03. The van der Waals surface area contributed by atoms with Crippen molar-refractivity contribution in [1.29, 1.82) is 0 Å². The van der Waals surface area contributed by atoms with Crippen LogP contribution in [0.15, 0.2) is 36.4 Å². The maximum absolute atomic E-state index is 11.2. The predicted molar refractivity (Wildman–Crippen MR) is 124 cm³/mol. The Morgan fingerprint density at radius 1 is 1.06 bits per heavy atom. The van der Waals surface area contributed by atoms with E-state index in [1.807, 2.05) is 19.2 Å². The zero-order chi connectivity index (χ0) is 23.3. The summed E-state index contributed by atoms with van der Waals surface area (Å²) in [5, 5.41) is 32.8. The van der Waals surface area contributed by atoms with Crippen LogP contribution in [0.4, 0.5) is 5.82 Å².